The van der Waals surface area contributed by atoms with Crippen LogP contribution < -0.4 is 5.32 Å². The van der Waals surface area contributed by atoms with Gasteiger partial charge in [-0.05, 0) is 46.3 Å². The van der Waals surface area contributed by atoms with Crippen molar-refractivity contribution >= 4 is 55.5 Å². The number of nitrogens with one attached hydrogen (secondary N) is 1. The molecule has 1 N–H and O–H groups in total. The van der Waals surface area contributed by atoms with E-state index < -0.39 is 0 Å². The van der Waals surface area contributed by atoms with Gasteiger partial charge in [0.15, 0.2) is 0 Å². The maximum Gasteiger partial charge on any atom is 0.0948 e. The smallest absolute Gasteiger partial charge is 0.0948 e. The van der Waals surface area contributed by atoms with E-state index in [9.17, 15) is 0 Å². The molecule has 0 spiro atoms. The first-order valence-corrected chi connectivity index (χ1v) is 7.79. The van der Waals surface area contributed by atoms with Gasteiger partial charge in [-0.15, -0.1) is 11.3 Å². The molecule has 5 heteroatoms. The van der Waals surface area contributed by atoms with E-state index in [1.165, 1.54) is 4.88 Å². The van der Waals surface area contributed by atoms with Crippen molar-refractivity contribution in [2.75, 3.05) is 5.32 Å². The van der Waals surface area contributed by atoms with Crippen LogP contribution in [0.3, 0.4) is 0 Å². The lowest BCUT2D eigenvalue weighted by Gasteiger charge is -2.09. The highest BCUT2D eigenvalue weighted by atomic mass is 79.9. The van der Waals surface area contributed by atoms with Gasteiger partial charge in [0.1, 0.15) is 0 Å². The van der Waals surface area contributed by atoms with Gasteiger partial charge < -0.3 is 5.32 Å². The van der Waals surface area contributed by atoms with Gasteiger partial charge in [-0.3, -0.25) is 4.98 Å². The van der Waals surface area contributed by atoms with Crippen molar-refractivity contribution in [2.45, 2.75) is 6.54 Å². The summed E-state index contributed by atoms with van der Waals surface area (Å²) in [5.74, 6) is 0. The molecule has 1 aromatic carbocycles. The van der Waals surface area contributed by atoms with E-state index in [4.69, 9.17) is 11.6 Å². The SMILES string of the molecule is Clc1ccc(NCc2cc(Br)cs2)c2ncccc12. The van der Waals surface area contributed by atoms with E-state index in [0.29, 0.717) is 0 Å². The summed E-state index contributed by atoms with van der Waals surface area (Å²) in [5, 5.41) is 7.19. The molecule has 96 valence electrons. The first-order chi connectivity index (χ1) is 9.24. The molecule has 0 atom stereocenters. The number of pyridine rings is 1. The zero-order chi connectivity index (χ0) is 13.2. The van der Waals surface area contributed by atoms with Crippen molar-refractivity contribution in [3.8, 4) is 0 Å². The average Bonchev–Trinajstić information content (AvgIpc) is 2.84. The Hall–Kier alpha value is -1.10. The molecule has 0 saturated carbocycles. The normalized spacial score (nSPS) is 10.8. The topological polar surface area (TPSA) is 24.9 Å². The van der Waals surface area contributed by atoms with Crippen molar-refractivity contribution in [1.29, 1.82) is 0 Å². The number of rotatable bonds is 3. The maximum atomic E-state index is 6.18. The average molecular weight is 354 g/mol. The third-order valence-corrected chi connectivity index (χ3v) is 4.82. The van der Waals surface area contributed by atoms with Crippen LogP contribution in [0.5, 0.6) is 0 Å². The Kier molecular flexibility index (Phi) is 3.73. The second-order valence-corrected chi connectivity index (χ2v) is 6.40. The maximum absolute atomic E-state index is 6.18. The minimum absolute atomic E-state index is 0.729. The number of nitrogens with zero attached hydrogens (tertiary/aromatic N) is 1. The minimum Gasteiger partial charge on any atom is -0.378 e. The van der Waals surface area contributed by atoms with Crippen LogP contribution in [0.2, 0.25) is 5.02 Å². The van der Waals surface area contributed by atoms with Crippen molar-refractivity contribution in [1.82, 2.24) is 4.98 Å². The molecular weight excluding hydrogens is 344 g/mol. The largest absolute Gasteiger partial charge is 0.378 e. The first kappa shape index (κ1) is 12.9. The summed E-state index contributed by atoms with van der Waals surface area (Å²) in [6.45, 7) is 0.781. The Bertz CT molecular complexity index is 726. The van der Waals surface area contributed by atoms with Crippen molar-refractivity contribution in [2.24, 2.45) is 0 Å². The number of benzene rings is 1. The van der Waals surface area contributed by atoms with E-state index in [1.54, 1.807) is 17.5 Å². The van der Waals surface area contributed by atoms with Crippen LogP contribution in [0.4, 0.5) is 5.69 Å². The van der Waals surface area contributed by atoms with E-state index in [0.717, 1.165) is 32.6 Å². The lowest BCUT2D eigenvalue weighted by atomic mass is 10.2. The third kappa shape index (κ3) is 2.76. The molecule has 2 aromatic heterocycles. The number of thiophene rings is 1. The minimum atomic E-state index is 0.729. The lowest BCUT2D eigenvalue weighted by Crippen LogP contribution is -1.99. The van der Waals surface area contributed by atoms with Crippen molar-refractivity contribution in [3.05, 3.63) is 56.3 Å². The highest BCUT2D eigenvalue weighted by Crippen LogP contribution is 2.29. The molecule has 0 unspecified atom stereocenters. The van der Waals surface area contributed by atoms with Crippen molar-refractivity contribution < 1.29 is 0 Å². The van der Waals surface area contributed by atoms with Crippen LogP contribution >= 0.6 is 38.9 Å². The van der Waals surface area contributed by atoms with E-state index >= 15 is 0 Å². The van der Waals surface area contributed by atoms with Gasteiger partial charge in [0.2, 0.25) is 0 Å². The monoisotopic (exact) mass is 352 g/mol. The molecule has 0 bridgehead atoms. The lowest BCUT2D eigenvalue weighted by molar-refractivity contribution is 1.19. The number of halogens is 2. The van der Waals surface area contributed by atoms with Gasteiger partial charge in [0, 0.05) is 32.9 Å². The Morgan fingerprint density at radius 2 is 2.21 bits per heavy atom. The molecule has 0 saturated heterocycles. The molecule has 0 aliphatic rings. The van der Waals surface area contributed by atoms with E-state index in [2.05, 4.69) is 37.7 Å². The quantitative estimate of drug-likeness (QED) is 0.689. The number of hydrogen-bond acceptors (Lipinski definition) is 3. The summed E-state index contributed by atoms with van der Waals surface area (Å²) >= 11 is 11.4. The summed E-state index contributed by atoms with van der Waals surface area (Å²) in [6, 6.07) is 9.87. The number of hydrogen-bond donors (Lipinski definition) is 1. The molecule has 19 heavy (non-hydrogen) atoms. The fourth-order valence-electron chi connectivity index (χ4n) is 1.91. The molecular formula is C14H10BrClN2S. The highest BCUT2D eigenvalue weighted by molar-refractivity contribution is 9.10. The predicted octanol–water partition coefficient (Wildman–Crippen LogP) is 5.32. The Morgan fingerprint density at radius 3 is 3.00 bits per heavy atom. The fourth-order valence-corrected chi connectivity index (χ4v) is 3.52. The van der Waals surface area contributed by atoms with Crippen LogP contribution in [-0.4, -0.2) is 4.98 Å². The zero-order valence-electron chi connectivity index (χ0n) is 9.86. The van der Waals surface area contributed by atoms with Crippen molar-refractivity contribution in [3.63, 3.8) is 0 Å². The molecule has 2 nitrogen and oxygen atoms in total. The summed E-state index contributed by atoms with van der Waals surface area (Å²) in [7, 11) is 0. The van der Waals surface area contributed by atoms with Crippen LogP contribution in [0.25, 0.3) is 10.9 Å². The van der Waals surface area contributed by atoms with Crippen LogP contribution in [-0.2, 0) is 6.54 Å². The third-order valence-electron chi connectivity index (χ3n) is 2.79. The molecule has 0 fully saturated rings. The first-order valence-electron chi connectivity index (χ1n) is 5.74. The van der Waals surface area contributed by atoms with Gasteiger partial charge in [0.25, 0.3) is 0 Å². The zero-order valence-corrected chi connectivity index (χ0v) is 13.0. The van der Waals surface area contributed by atoms with Gasteiger partial charge in [0.05, 0.1) is 16.2 Å². The highest BCUT2D eigenvalue weighted by Gasteiger charge is 2.05. The number of aromatic nitrogens is 1. The summed E-state index contributed by atoms with van der Waals surface area (Å²) in [4.78, 5) is 5.68. The summed E-state index contributed by atoms with van der Waals surface area (Å²) in [6.07, 6.45) is 1.78. The van der Waals surface area contributed by atoms with Gasteiger partial charge >= 0.3 is 0 Å². The summed E-state index contributed by atoms with van der Waals surface area (Å²) < 4.78 is 1.12. The number of anilines is 1. The van der Waals surface area contributed by atoms with Gasteiger partial charge in [-0.25, -0.2) is 0 Å². The Balaban J connectivity index is 1.91. The van der Waals surface area contributed by atoms with Crippen LogP contribution in [0.1, 0.15) is 4.88 Å². The molecule has 0 radical (unpaired) electrons. The Morgan fingerprint density at radius 1 is 1.32 bits per heavy atom. The fraction of sp³-hybridized carbons (Fsp3) is 0.0714. The summed E-state index contributed by atoms with van der Waals surface area (Å²) in [5.41, 5.74) is 1.91. The molecule has 2 heterocycles. The second kappa shape index (κ2) is 5.49. The van der Waals surface area contributed by atoms with Crippen LogP contribution in [0, 0.1) is 0 Å². The predicted molar refractivity (Wildman–Crippen MR) is 86.1 cm³/mol. The Labute approximate surface area is 128 Å². The molecule has 0 amide bonds. The van der Waals surface area contributed by atoms with E-state index in [-0.39, 0.29) is 0 Å². The van der Waals surface area contributed by atoms with Gasteiger partial charge in [-0.2, -0.15) is 0 Å². The number of fused-ring (bicyclic) bond motifs is 1. The molecule has 3 rings (SSSR count). The van der Waals surface area contributed by atoms with Crippen LogP contribution in [0.15, 0.2) is 46.4 Å². The second-order valence-electron chi connectivity index (χ2n) is 4.08. The molecule has 3 aromatic rings. The molecule has 0 aliphatic carbocycles. The van der Waals surface area contributed by atoms with E-state index in [1.807, 2.05) is 24.3 Å². The molecule has 0 aliphatic heterocycles. The standard InChI is InChI=1S/C14H10BrClN2S/c15-9-6-10(19-8-9)7-18-13-4-3-12(16)11-2-1-5-17-14(11)13/h1-6,8,18H,7H2. The van der Waals surface area contributed by atoms with Gasteiger partial charge in [-0.1, -0.05) is 11.6 Å².